The Kier molecular flexibility index (Phi) is 4.38. The summed E-state index contributed by atoms with van der Waals surface area (Å²) in [4.78, 5) is 18.6. The van der Waals surface area contributed by atoms with Crippen LogP contribution in [-0.4, -0.2) is 54.6 Å². The average molecular weight is 315 g/mol. The third kappa shape index (κ3) is 3.39. The van der Waals surface area contributed by atoms with Gasteiger partial charge in [-0.3, -0.25) is 9.78 Å². The molecular formula is C16H21N5O2. The van der Waals surface area contributed by atoms with Gasteiger partial charge in [0.2, 0.25) is 0 Å². The van der Waals surface area contributed by atoms with Gasteiger partial charge in [-0.25, -0.2) is 4.68 Å². The number of aliphatic hydroxyl groups is 1. The van der Waals surface area contributed by atoms with Gasteiger partial charge in [-0.1, -0.05) is 12.1 Å². The molecule has 0 saturated carbocycles. The van der Waals surface area contributed by atoms with Crippen LogP contribution in [0.15, 0.2) is 30.9 Å². The van der Waals surface area contributed by atoms with E-state index < -0.39 is 5.60 Å². The van der Waals surface area contributed by atoms with Crippen LogP contribution in [0.1, 0.15) is 35.7 Å². The van der Waals surface area contributed by atoms with E-state index in [0.29, 0.717) is 31.6 Å². The number of aromatic nitrogens is 4. The number of hydrogen-bond acceptors (Lipinski definition) is 5. The van der Waals surface area contributed by atoms with E-state index in [1.54, 1.807) is 40.4 Å². The first-order chi connectivity index (χ1) is 11.1. The highest BCUT2D eigenvalue weighted by Crippen LogP contribution is 2.24. The Hall–Kier alpha value is -2.28. The number of nitrogens with zero attached hydrogens (tertiary/aromatic N) is 5. The molecule has 3 heterocycles. The Morgan fingerprint density at radius 1 is 1.43 bits per heavy atom. The molecule has 7 nitrogen and oxygen atoms in total. The number of piperidine rings is 1. The molecule has 1 unspecified atom stereocenters. The highest BCUT2D eigenvalue weighted by atomic mass is 16.3. The second-order valence-electron chi connectivity index (χ2n) is 6.04. The van der Waals surface area contributed by atoms with Crippen molar-refractivity contribution in [1.29, 1.82) is 0 Å². The topological polar surface area (TPSA) is 84.1 Å². The third-order valence-corrected chi connectivity index (χ3v) is 4.29. The summed E-state index contributed by atoms with van der Waals surface area (Å²) in [5, 5.41) is 18.5. The number of rotatable bonds is 4. The van der Waals surface area contributed by atoms with Crippen molar-refractivity contribution in [3.8, 4) is 0 Å². The maximum Gasteiger partial charge on any atom is 0.254 e. The summed E-state index contributed by atoms with van der Waals surface area (Å²) < 4.78 is 1.61. The number of amides is 1. The minimum absolute atomic E-state index is 0.0408. The maximum absolute atomic E-state index is 12.8. The van der Waals surface area contributed by atoms with Gasteiger partial charge in [0.1, 0.15) is 5.60 Å². The summed E-state index contributed by atoms with van der Waals surface area (Å²) in [6, 6.07) is 1.76. The Morgan fingerprint density at radius 3 is 3.04 bits per heavy atom. The van der Waals surface area contributed by atoms with Gasteiger partial charge in [0.05, 0.1) is 19.3 Å². The molecule has 23 heavy (non-hydrogen) atoms. The molecule has 7 heteroatoms. The summed E-state index contributed by atoms with van der Waals surface area (Å²) in [7, 11) is 0. The second kappa shape index (κ2) is 6.45. The van der Waals surface area contributed by atoms with Crippen molar-refractivity contribution < 1.29 is 9.90 Å². The van der Waals surface area contributed by atoms with E-state index in [0.717, 1.165) is 18.4 Å². The van der Waals surface area contributed by atoms with E-state index in [9.17, 15) is 9.90 Å². The fourth-order valence-electron chi connectivity index (χ4n) is 3.12. The third-order valence-electron chi connectivity index (χ3n) is 4.29. The van der Waals surface area contributed by atoms with Gasteiger partial charge in [0.25, 0.3) is 5.91 Å². The number of likely N-dealkylation sites (tertiary alicyclic amines) is 1. The van der Waals surface area contributed by atoms with Gasteiger partial charge in [-0.05, 0) is 30.9 Å². The van der Waals surface area contributed by atoms with Gasteiger partial charge >= 0.3 is 0 Å². The Labute approximate surface area is 134 Å². The summed E-state index contributed by atoms with van der Waals surface area (Å²) in [5.74, 6) is -0.0408. The molecule has 1 atom stereocenters. The van der Waals surface area contributed by atoms with E-state index in [2.05, 4.69) is 15.3 Å². The largest absolute Gasteiger partial charge is 0.386 e. The zero-order valence-electron chi connectivity index (χ0n) is 13.2. The molecule has 0 aromatic carbocycles. The fourth-order valence-corrected chi connectivity index (χ4v) is 3.12. The van der Waals surface area contributed by atoms with Crippen LogP contribution in [-0.2, 0) is 13.0 Å². The van der Waals surface area contributed by atoms with E-state index in [4.69, 9.17) is 0 Å². The SMILES string of the molecule is CCc1cnccc1C(=O)N1CCCC(O)(Cn2ccnn2)C1. The molecule has 0 spiro atoms. The zero-order chi connectivity index (χ0) is 16.3. The molecule has 2 aromatic rings. The lowest BCUT2D eigenvalue weighted by molar-refractivity contribution is -0.0387. The lowest BCUT2D eigenvalue weighted by atomic mass is 9.92. The molecular weight excluding hydrogens is 294 g/mol. The van der Waals surface area contributed by atoms with Gasteiger partial charge in [-0.2, -0.15) is 0 Å². The molecule has 1 fully saturated rings. The van der Waals surface area contributed by atoms with E-state index in [1.807, 2.05) is 6.92 Å². The summed E-state index contributed by atoms with van der Waals surface area (Å²) in [5.41, 5.74) is 0.636. The van der Waals surface area contributed by atoms with Gasteiger partial charge in [-0.15, -0.1) is 5.10 Å². The van der Waals surface area contributed by atoms with Crippen LogP contribution in [0.4, 0.5) is 0 Å². The van der Waals surface area contributed by atoms with Crippen LogP contribution in [0.25, 0.3) is 0 Å². The second-order valence-corrected chi connectivity index (χ2v) is 6.04. The van der Waals surface area contributed by atoms with Crippen LogP contribution < -0.4 is 0 Å². The van der Waals surface area contributed by atoms with Crippen LogP contribution in [0.3, 0.4) is 0 Å². The molecule has 3 rings (SSSR count). The monoisotopic (exact) mass is 315 g/mol. The van der Waals surface area contributed by atoms with E-state index in [1.165, 1.54) is 0 Å². The van der Waals surface area contributed by atoms with Gasteiger partial charge < -0.3 is 10.0 Å². The highest BCUT2D eigenvalue weighted by Gasteiger charge is 2.36. The molecule has 1 saturated heterocycles. The number of pyridine rings is 1. The lowest BCUT2D eigenvalue weighted by Gasteiger charge is -2.39. The molecule has 1 amide bonds. The summed E-state index contributed by atoms with van der Waals surface area (Å²) in [6.45, 7) is 3.31. The molecule has 0 radical (unpaired) electrons. The molecule has 0 aliphatic carbocycles. The number of β-amino-alcohol motifs (C(OH)–C–C–N with tert-alkyl or cyclic N) is 1. The van der Waals surface area contributed by atoms with Crippen molar-refractivity contribution >= 4 is 5.91 Å². The summed E-state index contributed by atoms with van der Waals surface area (Å²) >= 11 is 0. The molecule has 1 aliphatic heterocycles. The van der Waals surface area contributed by atoms with Crippen molar-refractivity contribution in [3.63, 3.8) is 0 Å². The lowest BCUT2D eigenvalue weighted by Crippen LogP contribution is -2.52. The zero-order valence-corrected chi connectivity index (χ0v) is 13.2. The van der Waals surface area contributed by atoms with Crippen LogP contribution in [0.2, 0.25) is 0 Å². The maximum atomic E-state index is 12.8. The first kappa shape index (κ1) is 15.6. The molecule has 1 aliphatic rings. The predicted molar refractivity (Wildman–Crippen MR) is 83.7 cm³/mol. The van der Waals surface area contributed by atoms with Crippen molar-refractivity contribution in [1.82, 2.24) is 24.9 Å². The van der Waals surface area contributed by atoms with E-state index >= 15 is 0 Å². The Morgan fingerprint density at radius 2 is 2.30 bits per heavy atom. The number of carbonyl (C=O) groups excluding carboxylic acids is 1. The number of carbonyl (C=O) groups is 1. The standard InChI is InChI=1S/C16H21N5O2/c1-2-13-10-17-6-4-14(13)15(22)20-8-3-5-16(23,11-20)12-21-9-7-18-19-21/h4,6-7,9-10,23H,2-3,5,8,11-12H2,1H3. The quantitative estimate of drug-likeness (QED) is 0.906. The van der Waals surface area contributed by atoms with Crippen LogP contribution in [0, 0.1) is 0 Å². The first-order valence-electron chi connectivity index (χ1n) is 7.90. The van der Waals surface area contributed by atoms with Gasteiger partial charge in [0.15, 0.2) is 0 Å². The Balaban J connectivity index is 1.76. The van der Waals surface area contributed by atoms with Gasteiger partial charge in [0, 0.05) is 30.7 Å². The van der Waals surface area contributed by atoms with Crippen molar-refractivity contribution in [2.75, 3.05) is 13.1 Å². The van der Waals surface area contributed by atoms with Crippen LogP contribution in [0.5, 0.6) is 0 Å². The highest BCUT2D eigenvalue weighted by molar-refractivity contribution is 5.95. The minimum Gasteiger partial charge on any atom is -0.386 e. The molecule has 1 N–H and O–H groups in total. The number of hydrogen-bond donors (Lipinski definition) is 1. The average Bonchev–Trinajstić information content (AvgIpc) is 3.06. The Bertz CT molecular complexity index is 673. The normalized spacial score (nSPS) is 21.4. The fraction of sp³-hybridized carbons (Fsp3) is 0.500. The van der Waals surface area contributed by atoms with Crippen LogP contribution >= 0.6 is 0 Å². The molecule has 122 valence electrons. The van der Waals surface area contributed by atoms with Crippen molar-refractivity contribution in [2.24, 2.45) is 0 Å². The van der Waals surface area contributed by atoms with E-state index in [-0.39, 0.29) is 5.91 Å². The van der Waals surface area contributed by atoms with Crippen molar-refractivity contribution in [2.45, 2.75) is 38.3 Å². The first-order valence-corrected chi connectivity index (χ1v) is 7.90. The smallest absolute Gasteiger partial charge is 0.254 e. The predicted octanol–water partition coefficient (Wildman–Crippen LogP) is 0.903. The van der Waals surface area contributed by atoms with Crippen molar-refractivity contribution in [3.05, 3.63) is 42.0 Å². The molecule has 0 bridgehead atoms. The molecule has 2 aromatic heterocycles. The number of aryl methyl sites for hydroxylation is 1. The minimum atomic E-state index is -0.971. The summed E-state index contributed by atoms with van der Waals surface area (Å²) in [6.07, 6.45) is 8.84.